The molecule has 0 bridgehead atoms. The van der Waals surface area contributed by atoms with Crippen LogP contribution in [0.15, 0.2) is 60.4 Å². The Balaban J connectivity index is 1.66. The maximum absolute atomic E-state index is 12.1. The maximum atomic E-state index is 12.1. The van der Waals surface area contributed by atoms with Crippen LogP contribution < -0.4 is 5.32 Å². The molecule has 0 saturated heterocycles. The lowest BCUT2D eigenvalue weighted by Crippen LogP contribution is -2.15. The summed E-state index contributed by atoms with van der Waals surface area (Å²) in [5.41, 5.74) is 2.37. The van der Waals surface area contributed by atoms with Gasteiger partial charge in [0.05, 0.1) is 5.57 Å². The number of nitrogens with zero attached hydrogens (tertiary/aromatic N) is 1. The van der Waals surface area contributed by atoms with Crippen LogP contribution in [0.3, 0.4) is 0 Å². The zero-order chi connectivity index (χ0) is 14.7. The minimum Gasteiger partial charge on any atom is -0.309 e. The van der Waals surface area contributed by atoms with Gasteiger partial charge in [-0.1, -0.05) is 30.3 Å². The van der Waals surface area contributed by atoms with Crippen LogP contribution in [0.5, 0.6) is 0 Å². The molecule has 0 spiro atoms. The lowest BCUT2D eigenvalue weighted by atomic mass is 10.1. The van der Waals surface area contributed by atoms with Crippen LogP contribution in [0, 0.1) is 0 Å². The predicted octanol–water partition coefficient (Wildman–Crippen LogP) is 2.18. The van der Waals surface area contributed by atoms with Crippen molar-refractivity contribution >= 4 is 11.6 Å². The van der Waals surface area contributed by atoms with Crippen LogP contribution in [-0.4, -0.2) is 23.1 Å². The second-order valence-electron chi connectivity index (χ2n) is 4.81. The maximum Gasteiger partial charge on any atom is 0.197 e. The van der Waals surface area contributed by atoms with E-state index in [0.717, 1.165) is 5.56 Å². The lowest BCUT2D eigenvalue weighted by molar-refractivity contribution is 0.0988. The monoisotopic (exact) mass is 278 g/mol. The summed E-state index contributed by atoms with van der Waals surface area (Å²) in [7, 11) is 0. The molecule has 0 saturated carbocycles. The van der Waals surface area contributed by atoms with Gasteiger partial charge in [0.1, 0.15) is 0 Å². The molecule has 0 radical (unpaired) electrons. The van der Waals surface area contributed by atoms with Crippen molar-refractivity contribution in [3.05, 3.63) is 77.1 Å². The van der Waals surface area contributed by atoms with E-state index >= 15 is 0 Å². The minimum absolute atomic E-state index is 0.179. The van der Waals surface area contributed by atoms with Gasteiger partial charge in [-0.2, -0.15) is 0 Å². The number of allylic oxidation sites excluding steroid dienone is 1. The Morgan fingerprint density at radius 3 is 2.19 bits per heavy atom. The van der Waals surface area contributed by atoms with Gasteiger partial charge in [0.15, 0.2) is 11.6 Å². The fourth-order valence-electron chi connectivity index (χ4n) is 2.35. The van der Waals surface area contributed by atoms with E-state index in [-0.39, 0.29) is 17.1 Å². The summed E-state index contributed by atoms with van der Waals surface area (Å²) in [6.45, 7) is 1.14. The number of rotatable bonds is 4. The van der Waals surface area contributed by atoms with E-state index in [9.17, 15) is 9.59 Å². The summed E-state index contributed by atoms with van der Waals surface area (Å²) in [4.78, 5) is 28.2. The van der Waals surface area contributed by atoms with Crippen molar-refractivity contribution in [2.45, 2.75) is 6.54 Å². The van der Waals surface area contributed by atoms with Crippen molar-refractivity contribution in [2.75, 3.05) is 6.54 Å². The van der Waals surface area contributed by atoms with Crippen molar-refractivity contribution in [3.8, 4) is 0 Å². The number of carbonyl (C=O) groups is 2. The molecule has 0 amide bonds. The number of carbonyl (C=O) groups excluding carboxylic acids is 2. The molecule has 104 valence electrons. The number of fused-ring (bicyclic) bond motifs is 1. The second-order valence-corrected chi connectivity index (χ2v) is 4.81. The Hall–Kier alpha value is -2.59. The normalized spacial score (nSPS) is 13.4. The smallest absolute Gasteiger partial charge is 0.197 e. The molecule has 0 unspecified atom stereocenters. The van der Waals surface area contributed by atoms with Crippen LogP contribution in [0.4, 0.5) is 0 Å². The number of pyridine rings is 1. The molecular formula is C17H14N2O2. The van der Waals surface area contributed by atoms with Gasteiger partial charge in [-0.25, -0.2) is 0 Å². The number of benzene rings is 1. The zero-order valence-electron chi connectivity index (χ0n) is 11.4. The highest BCUT2D eigenvalue weighted by atomic mass is 16.2. The number of nitrogens with one attached hydrogen (secondary N) is 1. The van der Waals surface area contributed by atoms with E-state index in [1.807, 2.05) is 12.1 Å². The van der Waals surface area contributed by atoms with Crippen molar-refractivity contribution in [1.29, 1.82) is 0 Å². The van der Waals surface area contributed by atoms with Gasteiger partial charge in [0.25, 0.3) is 0 Å². The van der Waals surface area contributed by atoms with Crippen LogP contribution in [-0.2, 0) is 6.54 Å². The van der Waals surface area contributed by atoms with E-state index in [1.54, 1.807) is 42.7 Å². The first-order chi connectivity index (χ1) is 10.3. The van der Waals surface area contributed by atoms with Gasteiger partial charge in [-0.05, 0) is 17.7 Å². The number of hydrogen-bond donors (Lipinski definition) is 1. The van der Waals surface area contributed by atoms with Gasteiger partial charge in [0, 0.05) is 36.6 Å². The van der Waals surface area contributed by atoms with E-state index in [0.29, 0.717) is 24.2 Å². The molecule has 3 rings (SSSR count). The topological polar surface area (TPSA) is 59.1 Å². The molecule has 1 N–H and O–H groups in total. The average Bonchev–Trinajstić information content (AvgIpc) is 2.77. The Morgan fingerprint density at radius 1 is 0.952 bits per heavy atom. The fourth-order valence-corrected chi connectivity index (χ4v) is 2.35. The van der Waals surface area contributed by atoms with Gasteiger partial charge in [0.2, 0.25) is 0 Å². The highest BCUT2D eigenvalue weighted by molar-refractivity contribution is 6.39. The summed E-state index contributed by atoms with van der Waals surface area (Å²) < 4.78 is 0. The Morgan fingerprint density at radius 2 is 1.57 bits per heavy atom. The third kappa shape index (κ3) is 2.66. The third-order valence-corrected chi connectivity index (χ3v) is 3.43. The van der Waals surface area contributed by atoms with Gasteiger partial charge in [-0.3, -0.25) is 14.6 Å². The van der Waals surface area contributed by atoms with E-state index in [1.165, 1.54) is 0 Å². The summed E-state index contributed by atoms with van der Waals surface area (Å²) in [6.07, 6.45) is 5.14. The summed E-state index contributed by atoms with van der Waals surface area (Å²) in [6, 6.07) is 10.8. The molecule has 1 aliphatic rings. The highest BCUT2D eigenvalue weighted by Gasteiger charge is 2.31. The van der Waals surface area contributed by atoms with Crippen molar-refractivity contribution in [3.63, 3.8) is 0 Å². The summed E-state index contributed by atoms with van der Waals surface area (Å²) >= 11 is 0. The van der Waals surface area contributed by atoms with Crippen molar-refractivity contribution < 1.29 is 9.59 Å². The Labute approximate surface area is 122 Å². The van der Waals surface area contributed by atoms with Crippen LogP contribution in [0.1, 0.15) is 26.3 Å². The first-order valence-corrected chi connectivity index (χ1v) is 6.75. The Kier molecular flexibility index (Phi) is 3.71. The molecule has 1 heterocycles. The number of Topliss-reactive ketones (excluding diaryl/α,β-unsaturated/α-hetero) is 2. The predicted molar refractivity (Wildman–Crippen MR) is 79.1 cm³/mol. The highest BCUT2D eigenvalue weighted by Crippen LogP contribution is 2.25. The van der Waals surface area contributed by atoms with Crippen LogP contribution >= 0.6 is 0 Å². The first kappa shape index (κ1) is 13.4. The van der Waals surface area contributed by atoms with E-state index in [4.69, 9.17) is 0 Å². The molecule has 1 aromatic carbocycles. The van der Waals surface area contributed by atoms with Crippen molar-refractivity contribution in [1.82, 2.24) is 10.3 Å². The molecule has 21 heavy (non-hydrogen) atoms. The number of hydrogen-bond acceptors (Lipinski definition) is 4. The van der Waals surface area contributed by atoms with Crippen molar-refractivity contribution in [2.24, 2.45) is 0 Å². The molecule has 2 aromatic rings. The van der Waals surface area contributed by atoms with E-state index in [2.05, 4.69) is 10.3 Å². The molecule has 0 fully saturated rings. The van der Waals surface area contributed by atoms with E-state index < -0.39 is 0 Å². The first-order valence-electron chi connectivity index (χ1n) is 6.75. The molecule has 0 aliphatic heterocycles. The Bertz CT molecular complexity index is 684. The molecule has 1 aliphatic carbocycles. The second kappa shape index (κ2) is 5.81. The molecular weight excluding hydrogens is 264 g/mol. The zero-order valence-corrected chi connectivity index (χ0v) is 11.4. The molecule has 4 heteroatoms. The average molecular weight is 278 g/mol. The summed E-state index contributed by atoms with van der Waals surface area (Å²) in [5.74, 6) is -0.359. The fraction of sp³-hybridized carbons (Fsp3) is 0.118. The minimum atomic E-state index is -0.179. The van der Waals surface area contributed by atoms with Gasteiger partial charge >= 0.3 is 0 Å². The number of ketones is 2. The van der Waals surface area contributed by atoms with Gasteiger partial charge in [-0.15, -0.1) is 0 Å². The molecule has 1 aromatic heterocycles. The molecule has 4 nitrogen and oxygen atoms in total. The lowest BCUT2D eigenvalue weighted by Gasteiger charge is -2.01. The number of aromatic nitrogens is 1. The SMILES string of the molecule is O=C1C(=CCNCc2ccncc2)C(=O)c2ccccc21. The standard InChI is InChI=1S/C17H14N2O2/c20-16-13-3-1-2-4-14(13)17(21)15(16)7-10-19-11-12-5-8-18-9-6-12/h1-9,19H,10-11H2. The van der Waals surface area contributed by atoms with Crippen LogP contribution in [0.25, 0.3) is 0 Å². The third-order valence-electron chi connectivity index (χ3n) is 3.43. The summed E-state index contributed by atoms with van der Waals surface area (Å²) in [5, 5.41) is 3.19. The van der Waals surface area contributed by atoms with Gasteiger partial charge < -0.3 is 5.32 Å². The quantitative estimate of drug-likeness (QED) is 0.529. The largest absolute Gasteiger partial charge is 0.309 e. The van der Waals surface area contributed by atoms with Crippen LogP contribution in [0.2, 0.25) is 0 Å². The molecule has 0 atom stereocenters.